The summed E-state index contributed by atoms with van der Waals surface area (Å²) in [6.45, 7) is 0. The Morgan fingerprint density at radius 1 is 0.947 bits per heavy atom. The van der Waals surface area contributed by atoms with E-state index in [0.717, 1.165) is 17.0 Å². The molecule has 0 amide bonds. The van der Waals surface area contributed by atoms with Gasteiger partial charge in [0.1, 0.15) is 5.75 Å². The van der Waals surface area contributed by atoms with Crippen molar-refractivity contribution in [1.82, 2.24) is 14.6 Å². The molecule has 1 aromatic carbocycles. The van der Waals surface area contributed by atoms with Gasteiger partial charge in [-0.15, -0.1) is 5.10 Å². The van der Waals surface area contributed by atoms with Crippen LogP contribution in [0.3, 0.4) is 0 Å². The van der Waals surface area contributed by atoms with Gasteiger partial charge in [0.15, 0.2) is 11.5 Å². The van der Waals surface area contributed by atoms with E-state index >= 15 is 0 Å². The van der Waals surface area contributed by atoms with E-state index in [1.807, 2.05) is 42.5 Å². The fourth-order valence-electron chi connectivity index (χ4n) is 1.98. The Bertz CT molecular complexity index is 722. The number of fused-ring (bicyclic) bond motifs is 1. The van der Waals surface area contributed by atoms with Crippen LogP contribution in [-0.2, 0) is 0 Å². The van der Waals surface area contributed by atoms with Crippen LogP contribution in [0.15, 0.2) is 42.5 Å². The summed E-state index contributed by atoms with van der Waals surface area (Å²) in [5.74, 6) is 2.01. The SMILES string of the molecule is COc1ccccc1-c1nc2cccc(OC)n2n1. The van der Waals surface area contributed by atoms with Crippen molar-refractivity contribution in [2.45, 2.75) is 0 Å². The van der Waals surface area contributed by atoms with Crippen LogP contribution in [0.1, 0.15) is 0 Å². The fourth-order valence-corrected chi connectivity index (χ4v) is 1.98. The number of ether oxygens (including phenoxy) is 2. The summed E-state index contributed by atoms with van der Waals surface area (Å²) in [5.41, 5.74) is 1.59. The van der Waals surface area contributed by atoms with Gasteiger partial charge in [-0.25, -0.2) is 4.98 Å². The number of methoxy groups -OCH3 is 2. The van der Waals surface area contributed by atoms with E-state index in [1.165, 1.54) is 0 Å². The van der Waals surface area contributed by atoms with Crippen LogP contribution in [-0.4, -0.2) is 28.8 Å². The van der Waals surface area contributed by atoms with Gasteiger partial charge in [-0.2, -0.15) is 4.52 Å². The van der Waals surface area contributed by atoms with Gasteiger partial charge in [-0.1, -0.05) is 18.2 Å². The van der Waals surface area contributed by atoms with E-state index in [0.29, 0.717) is 11.7 Å². The van der Waals surface area contributed by atoms with Crippen LogP contribution < -0.4 is 9.47 Å². The first-order valence-corrected chi connectivity index (χ1v) is 5.86. The van der Waals surface area contributed by atoms with E-state index in [-0.39, 0.29) is 0 Å². The number of benzene rings is 1. The molecule has 19 heavy (non-hydrogen) atoms. The van der Waals surface area contributed by atoms with Crippen molar-refractivity contribution in [1.29, 1.82) is 0 Å². The van der Waals surface area contributed by atoms with Crippen molar-refractivity contribution in [2.75, 3.05) is 14.2 Å². The summed E-state index contributed by atoms with van der Waals surface area (Å²) in [6.07, 6.45) is 0. The summed E-state index contributed by atoms with van der Waals surface area (Å²) >= 11 is 0. The first-order chi connectivity index (χ1) is 9.33. The van der Waals surface area contributed by atoms with Crippen LogP contribution >= 0.6 is 0 Å². The van der Waals surface area contributed by atoms with Gasteiger partial charge < -0.3 is 9.47 Å². The standard InChI is InChI=1S/C14H13N3O2/c1-18-11-7-4-3-6-10(11)14-15-12-8-5-9-13(19-2)17(12)16-14/h3-9H,1-2H3. The van der Waals surface area contributed by atoms with E-state index in [1.54, 1.807) is 18.7 Å². The fraction of sp³-hybridized carbons (Fsp3) is 0.143. The molecule has 0 fully saturated rings. The minimum atomic E-state index is 0.613. The van der Waals surface area contributed by atoms with Crippen molar-refractivity contribution in [3.8, 4) is 23.0 Å². The van der Waals surface area contributed by atoms with Crippen LogP contribution in [0, 0.1) is 0 Å². The lowest BCUT2D eigenvalue weighted by Gasteiger charge is -2.03. The third-order valence-corrected chi connectivity index (χ3v) is 2.88. The highest BCUT2D eigenvalue weighted by atomic mass is 16.5. The van der Waals surface area contributed by atoms with Gasteiger partial charge in [-0.05, 0) is 18.2 Å². The molecule has 96 valence electrons. The molecule has 0 N–H and O–H groups in total. The minimum Gasteiger partial charge on any atom is -0.496 e. The summed E-state index contributed by atoms with van der Waals surface area (Å²) < 4.78 is 12.3. The molecule has 0 atom stereocenters. The molecule has 5 nitrogen and oxygen atoms in total. The molecule has 3 rings (SSSR count). The molecule has 2 aromatic heterocycles. The number of pyridine rings is 1. The minimum absolute atomic E-state index is 0.613. The topological polar surface area (TPSA) is 48.7 Å². The first-order valence-electron chi connectivity index (χ1n) is 5.86. The predicted molar refractivity (Wildman–Crippen MR) is 71.5 cm³/mol. The molecule has 0 radical (unpaired) electrons. The summed E-state index contributed by atoms with van der Waals surface area (Å²) in [7, 11) is 3.24. The maximum absolute atomic E-state index is 5.33. The van der Waals surface area contributed by atoms with E-state index in [4.69, 9.17) is 9.47 Å². The maximum atomic E-state index is 5.33. The Kier molecular flexibility index (Phi) is 2.79. The van der Waals surface area contributed by atoms with Gasteiger partial charge >= 0.3 is 0 Å². The van der Waals surface area contributed by atoms with E-state index in [2.05, 4.69) is 10.1 Å². The number of rotatable bonds is 3. The van der Waals surface area contributed by atoms with Crippen molar-refractivity contribution in [3.63, 3.8) is 0 Å². The Morgan fingerprint density at radius 2 is 1.79 bits per heavy atom. The normalized spacial score (nSPS) is 10.6. The highest BCUT2D eigenvalue weighted by Crippen LogP contribution is 2.28. The van der Waals surface area contributed by atoms with Crippen LogP contribution in [0.2, 0.25) is 0 Å². The second kappa shape index (κ2) is 4.61. The molecule has 0 aliphatic heterocycles. The molecule has 5 heteroatoms. The first kappa shape index (κ1) is 11.5. The molecular formula is C14H13N3O2. The lowest BCUT2D eigenvalue weighted by atomic mass is 10.2. The summed E-state index contributed by atoms with van der Waals surface area (Å²) in [4.78, 5) is 4.49. The quantitative estimate of drug-likeness (QED) is 0.721. The lowest BCUT2D eigenvalue weighted by Crippen LogP contribution is -1.95. The zero-order valence-electron chi connectivity index (χ0n) is 10.7. The highest BCUT2D eigenvalue weighted by molar-refractivity contribution is 5.65. The van der Waals surface area contributed by atoms with Gasteiger partial charge in [0.2, 0.25) is 5.88 Å². The predicted octanol–water partition coefficient (Wildman–Crippen LogP) is 2.41. The van der Waals surface area contributed by atoms with Crippen LogP contribution in [0.5, 0.6) is 11.6 Å². The Morgan fingerprint density at radius 3 is 2.58 bits per heavy atom. The second-order valence-corrected chi connectivity index (χ2v) is 3.97. The van der Waals surface area contributed by atoms with Gasteiger partial charge in [0, 0.05) is 6.07 Å². The highest BCUT2D eigenvalue weighted by Gasteiger charge is 2.12. The Labute approximate surface area is 110 Å². The average Bonchev–Trinajstić information content (AvgIpc) is 2.90. The molecule has 3 aromatic rings. The Balaban J connectivity index is 2.21. The van der Waals surface area contributed by atoms with Crippen molar-refractivity contribution in [3.05, 3.63) is 42.5 Å². The lowest BCUT2D eigenvalue weighted by molar-refractivity contribution is 0.386. The number of aromatic nitrogens is 3. The van der Waals surface area contributed by atoms with Crippen LogP contribution in [0.4, 0.5) is 0 Å². The van der Waals surface area contributed by atoms with Crippen molar-refractivity contribution < 1.29 is 9.47 Å². The zero-order valence-corrected chi connectivity index (χ0v) is 10.7. The van der Waals surface area contributed by atoms with Gasteiger partial charge in [0.05, 0.1) is 19.8 Å². The zero-order chi connectivity index (χ0) is 13.2. The van der Waals surface area contributed by atoms with Gasteiger partial charge in [-0.3, -0.25) is 0 Å². The molecule has 0 bridgehead atoms. The monoisotopic (exact) mass is 255 g/mol. The third kappa shape index (κ3) is 1.89. The molecule has 0 aliphatic carbocycles. The van der Waals surface area contributed by atoms with Crippen molar-refractivity contribution >= 4 is 5.65 Å². The Hall–Kier alpha value is -2.56. The molecule has 0 unspecified atom stereocenters. The summed E-state index contributed by atoms with van der Waals surface area (Å²) in [5, 5.41) is 4.46. The number of nitrogens with zero attached hydrogens (tertiary/aromatic N) is 3. The van der Waals surface area contributed by atoms with Crippen molar-refractivity contribution in [2.24, 2.45) is 0 Å². The molecule has 0 aliphatic rings. The largest absolute Gasteiger partial charge is 0.496 e. The second-order valence-electron chi connectivity index (χ2n) is 3.97. The molecule has 0 saturated heterocycles. The molecule has 0 saturated carbocycles. The number of hydrogen-bond donors (Lipinski definition) is 0. The van der Waals surface area contributed by atoms with Crippen LogP contribution in [0.25, 0.3) is 17.0 Å². The van der Waals surface area contributed by atoms with E-state index in [9.17, 15) is 0 Å². The number of hydrogen-bond acceptors (Lipinski definition) is 4. The molecule has 2 heterocycles. The molecule has 0 spiro atoms. The summed E-state index contributed by atoms with van der Waals surface area (Å²) in [6, 6.07) is 13.3. The van der Waals surface area contributed by atoms with Gasteiger partial charge in [0.25, 0.3) is 0 Å². The molecular weight excluding hydrogens is 242 g/mol. The van der Waals surface area contributed by atoms with E-state index < -0.39 is 0 Å². The average molecular weight is 255 g/mol. The third-order valence-electron chi connectivity index (χ3n) is 2.88. The number of para-hydroxylation sites is 1. The smallest absolute Gasteiger partial charge is 0.216 e. The maximum Gasteiger partial charge on any atom is 0.216 e.